The summed E-state index contributed by atoms with van der Waals surface area (Å²) in [6.45, 7) is 1.97. The van der Waals surface area contributed by atoms with Gasteiger partial charge < -0.3 is 10.1 Å². The molecule has 0 amide bonds. The Morgan fingerprint density at radius 3 is 2.69 bits per heavy atom. The Morgan fingerprint density at radius 1 is 1.44 bits per heavy atom. The van der Waals surface area contributed by atoms with Gasteiger partial charge in [0, 0.05) is 13.2 Å². The van der Waals surface area contributed by atoms with Gasteiger partial charge in [-0.1, -0.05) is 23.2 Å². The van der Waals surface area contributed by atoms with Crippen LogP contribution in [0, 0.1) is 6.92 Å². The van der Waals surface area contributed by atoms with Gasteiger partial charge in [-0.05, 0) is 31.4 Å². The number of halogens is 2. The van der Waals surface area contributed by atoms with E-state index < -0.39 is 0 Å². The third-order valence-electron chi connectivity index (χ3n) is 2.92. The predicted molar refractivity (Wildman–Crippen MR) is 66.4 cm³/mol. The number of rotatable bonds is 3. The Balaban J connectivity index is 2.05. The van der Waals surface area contributed by atoms with E-state index in [0.717, 1.165) is 24.1 Å². The van der Waals surface area contributed by atoms with Gasteiger partial charge in [0.15, 0.2) is 5.15 Å². The molecule has 3 nitrogen and oxygen atoms in total. The van der Waals surface area contributed by atoms with Gasteiger partial charge in [-0.25, -0.2) is 4.98 Å². The van der Waals surface area contributed by atoms with E-state index in [0.29, 0.717) is 22.5 Å². The fourth-order valence-electron chi connectivity index (χ4n) is 1.85. The highest BCUT2D eigenvalue weighted by Gasteiger charge is 2.29. The van der Waals surface area contributed by atoms with Crippen LogP contribution in [0.15, 0.2) is 6.07 Å². The van der Waals surface area contributed by atoms with Gasteiger partial charge in [0.05, 0.1) is 11.8 Å². The van der Waals surface area contributed by atoms with Crippen molar-refractivity contribution in [1.82, 2.24) is 4.98 Å². The number of anilines is 1. The molecule has 1 fully saturated rings. The van der Waals surface area contributed by atoms with E-state index in [1.165, 1.54) is 0 Å². The SMILES string of the molecule is COC1CC(Nc2c(C)cc(Cl)nc2Cl)C1. The Kier molecular flexibility index (Phi) is 3.57. The molecule has 0 atom stereocenters. The normalized spacial score (nSPS) is 24.0. The second-order valence-electron chi connectivity index (χ2n) is 4.10. The summed E-state index contributed by atoms with van der Waals surface area (Å²) >= 11 is 11.8. The van der Waals surface area contributed by atoms with E-state index in [1.807, 2.05) is 13.0 Å². The number of hydrogen-bond acceptors (Lipinski definition) is 3. The minimum absolute atomic E-state index is 0.372. The Labute approximate surface area is 105 Å². The van der Waals surface area contributed by atoms with Gasteiger partial charge >= 0.3 is 0 Å². The van der Waals surface area contributed by atoms with Crippen molar-refractivity contribution in [3.8, 4) is 0 Å². The van der Waals surface area contributed by atoms with Gasteiger partial charge in [-0.3, -0.25) is 0 Å². The highest BCUT2D eigenvalue weighted by molar-refractivity contribution is 6.34. The average molecular weight is 261 g/mol. The molecular weight excluding hydrogens is 247 g/mol. The minimum atomic E-state index is 0.372. The molecule has 2 rings (SSSR count). The lowest BCUT2D eigenvalue weighted by atomic mass is 9.89. The average Bonchev–Trinajstić information content (AvgIpc) is 2.13. The first-order valence-corrected chi connectivity index (χ1v) is 5.97. The molecule has 16 heavy (non-hydrogen) atoms. The van der Waals surface area contributed by atoms with Gasteiger partial charge in [-0.2, -0.15) is 0 Å². The molecule has 0 saturated heterocycles. The number of nitrogens with one attached hydrogen (secondary N) is 1. The molecule has 1 aliphatic carbocycles. The van der Waals surface area contributed by atoms with E-state index in [2.05, 4.69) is 10.3 Å². The molecule has 0 aromatic carbocycles. The van der Waals surface area contributed by atoms with E-state index >= 15 is 0 Å². The first-order valence-electron chi connectivity index (χ1n) is 5.22. The molecule has 1 aromatic rings. The standard InChI is InChI=1S/C11H14Cl2N2O/c1-6-3-9(12)15-11(13)10(6)14-7-4-8(5-7)16-2/h3,7-8,14H,4-5H2,1-2H3. The fourth-order valence-corrected chi connectivity index (χ4v) is 2.44. The van der Waals surface area contributed by atoms with Crippen molar-refractivity contribution in [2.75, 3.05) is 12.4 Å². The molecule has 0 bridgehead atoms. The molecule has 1 heterocycles. The number of aromatic nitrogens is 1. The maximum Gasteiger partial charge on any atom is 0.154 e. The number of methoxy groups -OCH3 is 1. The molecule has 1 N–H and O–H groups in total. The largest absolute Gasteiger partial charge is 0.381 e. The first kappa shape index (κ1) is 12.0. The van der Waals surface area contributed by atoms with Crippen LogP contribution in [0.1, 0.15) is 18.4 Å². The molecule has 0 aliphatic heterocycles. The van der Waals surface area contributed by atoms with Gasteiger partial charge in [0.25, 0.3) is 0 Å². The number of hydrogen-bond donors (Lipinski definition) is 1. The third-order valence-corrected chi connectivity index (χ3v) is 3.38. The summed E-state index contributed by atoms with van der Waals surface area (Å²) in [4.78, 5) is 4.02. The Bertz CT molecular complexity index is 369. The summed E-state index contributed by atoms with van der Waals surface area (Å²) in [7, 11) is 1.74. The zero-order valence-electron chi connectivity index (χ0n) is 9.26. The monoisotopic (exact) mass is 260 g/mol. The second kappa shape index (κ2) is 4.78. The zero-order chi connectivity index (χ0) is 11.7. The Hall–Kier alpha value is -0.510. The topological polar surface area (TPSA) is 34.1 Å². The molecule has 0 radical (unpaired) electrons. The van der Waals surface area contributed by atoms with E-state index in [-0.39, 0.29) is 0 Å². The third kappa shape index (κ3) is 2.42. The Morgan fingerprint density at radius 2 is 2.12 bits per heavy atom. The molecule has 1 aliphatic rings. The number of ether oxygens (including phenoxy) is 1. The van der Waals surface area contributed by atoms with Gasteiger partial charge in [0.2, 0.25) is 0 Å². The quantitative estimate of drug-likeness (QED) is 0.848. The molecular formula is C11H14Cl2N2O. The summed E-state index contributed by atoms with van der Waals surface area (Å²) in [6.07, 6.45) is 2.39. The van der Waals surface area contributed by atoms with Crippen molar-refractivity contribution in [2.45, 2.75) is 31.9 Å². The van der Waals surface area contributed by atoms with Gasteiger partial charge in [-0.15, -0.1) is 0 Å². The number of aryl methyl sites for hydroxylation is 1. The van der Waals surface area contributed by atoms with Crippen LogP contribution in [-0.4, -0.2) is 24.2 Å². The number of nitrogens with zero attached hydrogens (tertiary/aromatic N) is 1. The van der Waals surface area contributed by atoms with E-state index in [9.17, 15) is 0 Å². The fraction of sp³-hybridized carbons (Fsp3) is 0.545. The van der Waals surface area contributed by atoms with Crippen molar-refractivity contribution < 1.29 is 4.74 Å². The van der Waals surface area contributed by atoms with Crippen molar-refractivity contribution in [2.24, 2.45) is 0 Å². The summed E-state index contributed by atoms with van der Waals surface area (Å²) in [5, 5.41) is 4.24. The summed E-state index contributed by atoms with van der Waals surface area (Å²) in [5.41, 5.74) is 1.90. The van der Waals surface area contributed by atoms with Crippen molar-refractivity contribution in [3.63, 3.8) is 0 Å². The maximum atomic E-state index is 6.04. The van der Waals surface area contributed by atoms with Crippen molar-refractivity contribution in [3.05, 3.63) is 21.9 Å². The van der Waals surface area contributed by atoms with Crippen LogP contribution in [0.4, 0.5) is 5.69 Å². The predicted octanol–water partition coefficient (Wildman–Crippen LogP) is 3.29. The smallest absolute Gasteiger partial charge is 0.154 e. The summed E-state index contributed by atoms with van der Waals surface area (Å²) in [5.74, 6) is 0. The van der Waals surface area contributed by atoms with Crippen molar-refractivity contribution in [1.29, 1.82) is 0 Å². The van der Waals surface area contributed by atoms with Crippen LogP contribution in [0.5, 0.6) is 0 Å². The maximum absolute atomic E-state index is 6.04. The molecule has 88 valence electrons. The lowest BCUT2D eigenvalue weighted by Gasteiger charge is -2.35. The highest BCUT2D eigenvalue weighted by Crippen LogP contribution is 2.32. The summed E-state index contributed by atoms with van der Waals surface area (Å²) in [6, 6.07) is 2.23. The molecule has 5 heteroatoms. The van der Waals surface area contributed by atoms with Crippen LogP contribution in [0.2, 0.25) is 10.3 Å². The van der Waals surface area contributed by atoms with Crippen molar-refractivity contribution >= 4 is 28.9 Å². The zero-order valence-corrected chi connectivity index (χ0v) is 10.8. The number of pyridine rings is 1. The second-order valence-corrected chi connectivity index (χ2v) is 4.84. The van der Waals surface area contributed by atoms with Crippen LogP contribution < -0.4 is 5.32 Å². The highest BCUT2D eigenvalue weighted by atomic mass is 35.5. The van der Waals surface area contributed by atoms with Crippen LogP contribution >= 0.6 is 23.2 Å². The molecule has 0 spiro atoms. The first-order chi connectivity index (χ1) is 7.60. The van der Waals surface area contributed by atoms with Gasteiger partial charge in [0.1, 0.15) is 5.15 Å². The summed E-state index contributed by atoms with van der Waals surface area (Å²) < 4.78 is 5.22. The lowest BCUT2D eigenvalue weighted by Crippen LogP contribution is -2.40. The lowest BCUT2D eigenvalue weighted by molar-refractivity contribution is 0.0328. The van der Waals surface area contributed by atoms with E-state index in [1.54, 1.807) is 7.11 Å². The van der Waals surface area contributed by atoms with E-state index in [4.69, 9.17) is 27.9 Å². The molecule has 0 unspecified atom stereocenters. The van der Waals surface area contributed by atoms with Crippen LogP contribution in [0.25, 0.3) is 0 Å². The van der Waals surface area contributed by atoms with Crippen LogP contribution in [-0.2, 0) is 4.74 Å². The minimum Gasteiger partial charge on any atom is -0.381 e. The van der Waals surface area contributed by atoms with Crippen LogP contribution in [0.3, 0.4) is 0 Å². The molecule has 1 saturated carbocycles. The molecule has 1 aromatic heterocycles.